The highest BCUT2D eigenvalue weighted by atomic mass is 19.3. The summed E-state index contributed by atoms with van der Waals surface area (Å²) in [7, 11) is 3.31. The summed E-state index contributed by atoms with van der Waals surface area (Å²) in [6, 6.07) is 13.6. The molecule has 0 saturated carbocycles. The molecule has 0 atom stereocenters. The van der Waals surface area contributed by atoms with Crippen molar-refractivity contribution in [2.24, 2.45) is 0 Å². The molecule has 40 heavy (non-hydrogen) atoms. The van der Waals surface area contributed by atoms with Gasteiger partial charge in [0.2, 0.25) is 5.88 Å². The molecule has 12 nitrogen and oxygen atoms in total. The van der Waals surface area contributed by atoms with Crippen molar-refractivity contribution >= 4 is 28.4 Å². The zero-order valence-electron chi connectivity index (χ0n) is 21.8. The lowest BCUT2D eigenvalue weighted by Gasteiger charge is -2.15. The first-order valence-corrected chi connectivity index (χ1v) is 11.9. The van der Waals surface area contributed by atoms with Crippen LogP contribution in [0.5, 0.6) is 5.88 Å². The van der Waals surface area contributed by atoms with E-state index in [1.54, 1.807) is 75.2 Å². The zero-order valence-corrected chi connectivity index (χ0v) is 21.8. The fraction of sp³-hybridized carbons (Fsp3) is 0.192. The molecule has 0 aliphatic heterocycles. The Morgan fingerprint density at radius 2 is 1.93 bits per heavy atom. The van der Waals surface area contributed by atoms with Gasteiger partial charge in [-0.2, -0.15) is 19.1 Å². The number of halogens is 2. The highest BCUT2D eigenvalue weighted by Crippen LogP contribution is 2.26. The van der Waals surface area contributed by atoms with Crippen molar-refractivity contribution in [2.75, 3.05) is 19.4 Å². The maximum absolute atomic E-state index is 12.7. The Balaban J connectivity index is 1.55. The Hall–Kier alpha value is -5.45. The van der Waals surface area contributed by atoms with Gasteiger partial charge in [-0.15, -0.1) is 10.2 Å². The fourth-order valence-corrected chi connectivity index (χ4v) is 4.02. The number of nitrogens with one attached hydrogen (secondary N) is 1. The van der Waals surface area contributed by atoms with Crippen molar-refractivity contribution in [1.82, 2.24) is 39.4 Å². The monoisotopic (exact) mass is 544 g/mol. The summed E-state index contributed by atoms with van der Waals surface area (Å²) in [5.41, 5.74) is 3.53. The smallest absolute Gasteiger partial charge is 0.388 e. The number of rotatable bonds is 7. The number of aryl methyl sites for hydroxylation is 2. The first-order chi connectivity index (χ1) is 19.1. The van der Waals surface area contributed by atoms with E-state index in [1.807, 2.05) is 0 Å². The molecule has 0 aliphatic carbocycles. The van der Waals surface area contributed by atoms with Gasteiger partial charge in [0, 0.05) is 31.5 Å². The number of nitrogens with zero attached hydrogens (tertiary/aromatic N) is 9. The van der Waals surface area contributed by atoms with Crippen LogP contribution in [0.4, 0.5) is 20.3 Å². The molecule has 4 heterocycles. The molecule has 0 fully saturated rings. The molecule has 5 aromatic rings. The highest BCUT2D eigenvalue weighted by Gasteiger charge is 2.19. The van der Waals surface area contributed by atoms with Crippen molar-refractivity contribution in [3.8, 4) is 23.6 Å². The summed E-state index contributed by atoms with van der Waals surface area (Å²) < 4.78 is 32.8. The Labute approximate surface area is 226 Å². The van der Waals surface area contributed by atoms with Crippen LogP contribution in [0, 0.1) is 25.2 Å². The van der Waals surface area contributed by atoms with Crippen LogP contribution < -0.4 is 10.1 Å². The summed E-state index contributed by atoms with van der Waals surface area (Å²) in [4.78, 5) is 23.2. The van der Waals surface area contributed by atoms with Gasteiger partial charge in [-0.3, -0.25) is 9.36 Å². The number of amides is 1. The van der Waals surface area contributed by atoms with Gasteiger partial charge in [0.15, 0.2) is 11.6 Å². The second-order valence-corrected chi connectivity index (χ2v) is 8.96. The molecule has 14 heteroatoms. The standard InChI is InChI=1S/C26H22F2N10O2/c1-14-9-18(25(39)36(3)4)23(34-33-14)31-17-6-7-19-20(11-17)37(13-30-19)21-8-5-16(12-29)24(32-21)38-15(2)10-22(35-38)40-26(27)28/h5-11,13,26H,1-4H3,(H,31,34). The van der Waals surface area contributed by atoms with Crippen molar-refractivity contribution in [3.63, 3.8) is 0 Å². The number of aromatic nitrogens is 7. The topological polar surface area (TPSA) is 140 Å². The molecular formula is C26H22F2N10O2. The Kier molecular flexibility index (Phi) is 6.78. The molecule has 5 rings (SSSR count). The number of alkyl halides is 2. The molecule has 0 aliphatic rings. The second-order valence-electron chi connectivity index (χ2n) is 8.96. The van der Waals surface area contributed by atoms with E-state index in [-0.39, 0.29) is 23.2 Å². The molecule has 1 aromatic carbocycles. The fourth-order valence-electron chi connectivity index (χ4n) is 4.02. The molecule has 1 amide bonds. The minimum Gasteiger partial charge on any atom is -0.415 e. The quantitative estimate of drug-likeness (QED) is 0.323. The van der Waals surface area contributed by atoms with E-state index in [1.165, 1.54) is 15.6 Å². The van der Waals surface area contributed by atoms with E-state index < -0.39 is 6.61 Å². The van der Waals surface area contributed by atoms with Crippen LogP contribution in [0.25, 0.3) is 22.7 Å². The van der Waals surface area contributed by atoms with E-state index >= 15 is 0 Å². The summed E-state index contributed by atoms with van der Waals surface area (Å²) in [5, 5.41) is 25.1. The number of hydrogen-bond acceptors (Lipinski definition) is 9. The molecule has 0 spiro atoms. The van der Waals surface area contributed by atoms with Crippen LogP contribution in [-0.2, 0) is 0 Å². The first kappa shape index (κ1) is 26.2. The van der Waals surface area contributed by atoms with E-state index in [0.29, 0.717) is 45.3 Å². The van der Waals surface area contributed by atoms with Gasteiger partial charge < -0.3 is 15.0 Å². The number of carbonyl (C=O) groups excluding carboxylic acids is 1. The number of anilines is 2. The predicted octanol–water partition coefficient (Wildman–Crippen LogP) is 3.93. The Morgan fingerprint density at radius 1 is 1.12 bits per heavy atom. The molecule has 0 saturated heterocycles. The lowest BCUT2D eigenvalue weighted by atomic mass is 10.2. The zero-order chi connectivity index (χ0) is 28.6. The number of hydrogen-bond donors (Lipinski definition) is 1. The number of ether oxygens (including phenoxy) is 1. The predicted molar refractivity (Wildman–Crippen MR) is 140 cm³/mol. The number of carbonyl (C=O) groups is 1. The van der Waals surface area contributed by atoms with E-state index in [9.17, 15) is 18.8 Å². The lowest BCUT2D eigenvalue weighted by molar-refractivity contribution is -0.0530. The summed E-state index contributed by atoms with van der Waals surface area (Å²) in [5.74, 6) is 0.318. The number of benzene rings is 1. The highest BCUT2D eigenvalue weighted by molar-refractivity contribution is 5.99. The van der Waals surface area contributed by atoms with Gasteiger partial charge in [-0.1, -0.05) is 0 Å². The summed E-state index contributed by atoms with van der Waals surface area (Å²) in [6.45, 7) is 0.346. The number of pyridine rings is 1. The Bertz CT molecular complexity index is 1790. The average Bonchev–Trinajstić information content (AvgIpc) is 3.51. The van der Waals surface area contributed by atoms with E-state index in [2.05, 4.69) is 41.4 Å². The van der Waals surface area contributed by atoms with Gasteiger partial charge in [-0.05, 0) is 50.2 Å². The SMILES string of the molecule is Cc1cc(C(=O)N(C)C)c(Nc2ccc3ncn(-c4ccc(C#N)c(-n5nc(OC(F)F)cc5C)n4)c3c2)nn1. The van der Waals surface area contributed by atoms with E-state index in [0.717, 1.165) is 0 Å². The summed E-state index contributed by atoms with van der Waals surface area (Å²) >= 11 is 0. The van der Waals surface area contributed by atoms with Crippen LogP contribution >= 0.6 is 0 Å². The summed E-state index contributed by atoms with van der Waals surface area (Å²) in [6.07, 6.45) is 1.57. The minimum absolute atomic E-state index is 0.138. The lowest BCUT2D eigenvalue weighted by Crippen LogP contribution is -2.23. The van der Waals surface area contributed by atoms with Gasteiger partial charge in [0.25, 0.3) is 5.91 Å². The number of fused-ring (bicyclic) bond motifs is 1. The van der Waals surface area contributed by atoms with Gasteiger partial charge >= 0.3 is 6.61 Å². The maximum Gasteiger partial charge on any atom is 0.388 e. The normalized spacial score (nSPS) is 11.1. The van der Waals surface area contributed by atoms with Gasteiger partial charge in [-0.25, -0.2) is 14.6 Å². The van der Waals surface area contributed by atoms with Crippen LogP contribution in [0.15, 0.2) is 48.8 Å². The average molecular weight is 545 g/mol. The largest absolute Gasteiger partial charge is 0.415 e. The molecule has 4 aromatic heterocycles. The van der Waals surface area contributed by atoms with Crippen LogP contribution in [0.1, 0.15) is 27.3 Å². The molecule has 0 radical (unpaired) electrons. The van der Waals surface area contributed by atoms with Gasteiger partial charge in [0.05, 0.1) is 27.9 Å². The van der Waals surface area contributed by atoms with Crippen molar-refractivity contribution in [2.45, 2.75) is 20.5 Å². The molecule has 202 valence electrons. The van der Waals surface area contributed by atoms with Crippen LogP contribution in [-0.4, -0.2) is 66.0 Å². The van der Waals surface area contributed by atoms with E-state index in [4.69, 9.17) is 0 Å². The minimum atomic E-state index is -3.04. The Morgan fingerprint density at radius 3 is 2.65 bits per heavy atom. The van der Waals surface area contributed by atoms with Crippen molar-refractivity contribution < 1.29 is 18.3 Å². The van der Waals surface area contributed by atoms with Gasteiger partial charge in [0.1, 0.15) is 18.2 Å². The van der Waals surface area contributed by atoms with Crippen LogP contribution in [0.3, 0.4) is 0 Å². The van der Waals surface area contributed by atoms with Crippen molar-refractivity contribution in [1.29, 1.82) is 5.26 Å². The second kappa shape index (κ2) is 10.4. The third-order valence-electron chi connectivity index (χ3n) is 5.87. The molecule has 1 N–H and O–H groups in total. The maximum atomic E-state index is 12.7. The molecular weight excluding hydrogens is 522 g/mol. The number of nitriles is 1. The third-order valence-corrected chi connectivity index (χ3v) is 5.87. The first-order valence-electron chi connectivity index (χ1n) is 11.9. The third kappa shape index (κ3) is 4.99. The number of imidazole rings is 1. The van der Waals surface area contributed by atoms with Crippen LogP contribution in [0.2, 0.25) is 0 Å². The van der Waals surface area contributed by atoms with Crippen molar-refractivity contribution in [3.05, 3.63) is 71.3 Å². The molecule has 0 bridgehead atoms. The molecule has 0 unspecified atom stereocenters.